The van der Waals surface area contributed by atoms with Gasteiger partial charge < -0.3 is 0 Å². The van der Waals surface area contributed by atoms with E-state index in [1.54, 1.807) is 6.07 Å². The third-order valence-corrected chi connectivity index (χ3v) is 3.66. The van der Waals surface area contributed by atoms with Crippen molar-refractivity contribution >= 4 is 17.4 Å². The molecule has 0 unspecified atom stereocenters. The highest BCUT2D eigenvalue weighted by atomic mass is 32.2. The first kappa shape index (κ1) is 15.9. The highest BCUT2D eigenvalue weighted by Crippen LogP contribution is 2.35. The van der Waals surface area contributed by atoms with Gasteiger partial charge in [-0.2, -0.15) is 18.4 Å². The van der Waals surface area contributed by atoms with Crippen molar-refractivity contribution in [1.29, 1.82) is 5.26 Å². The Balaban J connectivity index is 2.32. The Morgan fingerprint density at radius 2 is 1.82 bits per heavy atom. The van der Waals surface area contributed by atoms with E-state index in [0.717, 1.165) is 30.0 Å². The first-order valence-electron chi connectivity index (χ1n) is 5.85. The van der Waals surface area contributed by atoms with Crippen LogP contribution in [0.25, 0.3) is 0 Å². The number of nitro groups is 1. The molecular formula is C14H7F3N2O2S. The lowest BCUT2D eigenvalue weighted by molar-refractivity contribution is -0.385. The summed E-state index contributed by atoms with van der Waals surface area (Å²) in [5.41, 5.74) is -1.25. The van der Waals surface area contributed by atoms with Crippen LogP contribution in [0.1, 0.15) is 11.1 Å². The zero-order valence-electron chi connectivity index (χ0n) is 10.8. The molecule has 0 N–H and O–H groups in total. The summed E-state index contributed by atoms with van der Waals surface area (Å²) in [6.45, 7) is 0. The number of nitro benzene ring substituents is 1. The fourth-order valence-electron chi connectivity index (χ4n) is 1.70. The average molecular weight is 324 g/mol. The third kappa shape index (κ3) is 3.56. The number of benzene rings is 2. The van der Waals surface area contributed by atoms with E-state index in [0.29, 0.717) is 9.79 Å². The number of nitrogens with zero attached hydrogens (tertiary/aromatic N) is 2. The smallest absolute Gasteiger partial charge is 0.258 e. The molecule has 0 saturated heterocycles. The number of hydrogen-bond donors (Lipinski definition) is 0. The average Bonchev–Trinajstić information content (AvgIpc) is 2.46. The topological polar surface area (TPSA) is 66.9 Å². The van der Waals surface area contributed by atoms with Crippen LogP contribution in [0.3, 0.4) is 0 Å². The van der Waals surface area contributed by atoms with Crippen LogP contribution < -0.4 is 0 Å². The molecule has 0 atom stereocenters. The molecule has 112 valence electrons. The van der Waals surface area contributed by atoms with Crippen LogP contribution in [0, 0.1) is 21.4 Å². The molecule has 2 aromatic rings. The van der Waals surface area contributed by atoms with E-state index in [4.69, 9.17) is 5.26 Å². The predicted molar refractivity (Wildman–Crippen MR) is 73.4 cm³/mol. The molecule has 0 amide bonds. The highest BCUT2D eigenvalue weighted by molar-refractivity contribution is 7.99. The van der Waals surface area contributed by atoms with E-state index in [1.807, 2.05) is 0 Å². The minimum atomic E-state index is -4.44. The fraction of sp³-hybridized carbons (Fsp3) is 0.0714. The lowest BCUT2D eigenvalue weighted by Crippen LogP contribution is -2.04. The van der Waals surface area contributed by atoms with Gasteiger partial charge in [0.2, 0.25) is 0 Å². The van der Waals surface area contributed by atoms with E-state index in [9.17, 15) is 23.3 Å². The maximum absolute atomic E-state index is 12.6. The SMILES string of the molecule is N#Cc1cc(Sc2cccc(C(F)(F)F)c2)ccc1[N+](=O)[O-]. The van der Waals surface area contributed by atoms with Crippen molar-refractivity contribution in [2.45, 2.75) is 16.0 Å². The number of halogens is 3. The minimum Gasteiger partial charge on any atom is -0.258 e. The number of hydrogen-bond acceptors (Lipinski definition) is 4. The molecule has 2 aromatic carbocycles. The van der Waals surface area contributed by atoms with Crippen LogP contribution in [-0.2, 0) is 6.18 Å². The molecule has 0 aliphatic carbocycles. The van der Waals surface area contributed by atoms with Crippen LogP contribution in [0.15, 0.2) is 52.3 Å². The molecule has 2 rings (SSSR count). The van der Waals surface area contributed by atoms with Gasteiger partial charge in [-0.05, 0) is 30.3 Å². The van der Waals surface area contributed by atoms with Crippen LogP contribution in [0.4, 0.5) is 18.9 Å². The van der Waals surface area contributed by atoms with Crippen molar-refractivity contribution in [3.63, 3.8) is 0 Å². The molecular weight excluding hydrogens is 317 g/mol. The summed E-state index contributed by atoms with van der Waals surface area (Å²) >= 11 is 0.994. The first-order valence-corrected chi connectivity index (χ1v) is 6.66. The van der Waals surface area contributed by atoms with Crippen molar-refractivity contribution in [2.24, 2.45) is 0 Å². The fourth-order valence-corrected chi connectivity index (χ4v) is 2.62. The number of nitriles is 1. The quantitative estimate of drug-likeness (QED) is 0.609. The van der Waals surface area contributed by atoms with Gasteiger partial charge >= 0.3 is 6.18 Å². The Morgan fingerprint density at radius 3 is 2.41 bits per heavy atom. The second kappa shape index (κ2) is 6.07. The predicted octanol–water partition coefficient (Wildman–Crippen LogP) is 4.64. The van der Waals surface area contributed by atoms with Gasteiger partial charge in [0.1, 0.15) is 11.6 Å². The van der Waals surface area contributed by atoms with Gasteiger partial charge in [-0.3, -0.25) is 10.1 Å². The second-order valence-corrected chi connectivity index (χ2v) is 5.32. The van der Waals surface area contributed by atoms with Crippen molar-refractivity contribution in [1.82, 2.24) is 0 Å². The lowest BCUT2D eigenvalue weighted by atomic mass is 10.2. The van der Waals surface area contributed by atoms with Gasteiger partial charge in [0.15, 0.2) is 0 Å². The Labute approximate surface area is 127 Å². The molecule has 0 fully saturated rings. The summed E-state index contributed by atoms with van der Waals surface area (Å²) in [4.78, 5) is 10.8. The summed E-state index contributed by atoms with van der Waals surface area (Å²) in [7, 11) is 0. The maximum atomic E-state index is 12.6. The van der Waals surface area contributed by atoms with Crippen molar-refractivity contribution in [3.8, 4) is 6.07 Å². The second-order valence-electron chi connectivity index (χ2n) is 4.18. The standard InChI is InChI=1S/C14H7F3N2O2S/c15-14(16,17)10-2-1-3-11(7-10)22-12-4-5-13(19(20)21)9(6-12)8-18/h1-7H. The molecule has 0 spiro atoms. The lowest BCUT2D eigenvalue weighted by Gasteiger charge is -2.08. The first-order chi connectivity index (χ1) is 10.3. The van der Waals surface area contributed by atoms with Crippen molar-refractivity contribution in [2.75, 3.05) is 0 Å². The Morgan fingerprint density at radius 1 is 1.14 bits per heavy atom. The van der Waals surface area contributed by atoms with Gasteiger partial charge in [0, 0.05) is 15.9 Å². The molecule has 0 heterocycles. The highest BCUT2D eigenvalue weighted by Gasteiger charge is 2.30. The Hall–Kier alpha value is -2.53. The van der Waals surface area contributed by atoms with E-state index in [1.165, 1.54) is 24.3 Å². The van der Waals surface area contributed by atoms with Crippen LogP contribution >= 0.6 is 11.8 Å². The summed E-state index contributed by atoms with van der Waals surface area (Å²) in [5.74, 6) is 0. The largest absolute Gasteiger partial charge is 0.416 e. The van der Waals surface area contributed by atoms with Gasteiger partial charge in [-0.1, -0.05) is 17.8 Å². The maximum Gasteiger partial charge on any atom is 0.416 e. The minimum absolute atomic E-state index is 0.137. The zero-order chi connectivity index (χ0) is 16.3. The molecule has 0 aliphatic heterocycles. The van der Waals surface area contributed by atoms with E-state index >= 15 is 0 Å². The van der Waals surface area contributed by atoms with Gasteiger partial charge in [0.05, 0.1) is 10.5 Å². The van der Waals surface area contributed by atoms with Crippen LogP contribution in [0.2, 0.25) is 0 Å². The van der Waals surface area contributed by atoms with Crippen molar-refractivity contribution in [3.05, 3.63) is 63.7 Å². The van der Waals surface area contributed by atoms with Crippen LogP contribution in [-0.4, -0.2) is 4.92 Å². The van der Waals surface area contributed by atoms with Gasteiger partial charge in [-0.25, -0.2) is 0 Å². The Bertz CT molecular complexity index is 769. The molecule has 8 heteroatoms. The Kier molecular flexibility index (Phi) is 4.37. The zero-order valence-corrected chi connectivity index (χ0v) is 11.6. The van der Waals surface area contributed by atoms with Gasteiger partial charge in [0.25, 0.3) is 5.69 Å². The van der Waals surface area contributed by atoms with E-state index in [-0.39, 0.29) is 11.3 Å². The summed E-state index contributed by atoms with van der Waals surface area (Å²) < 4.78 is 37.9. The molecule has 0 saturated carbocycles. The molecule has 4 nitrogen and oxygen atoms in total. The molecule has 0 bridgehead atoms. The normalized spacial score (nSPS) is 11.0. The summed E-state index contributed by atoms with van der Waals surface area (Å²) in [5, 5.41) is 19.6. The monoisotopic (exact) mass is 324 g/mol. The molecule has 0 aromatic heterocycles. The molecule has 0 aliphatic rings. The van der Waals surface area contributed by atoms with Gasteiger partial charge in [-0.15, -0.1) is 0 Å². The van der Waals surface area contributed by atoms with E-state index < -0.39 is 16.7 Å². The summed E-state index contributed by atoms with van der Waals surface area (Å²) in [6, 6.07) is 10.3. The summed E-state index contributed by atoms with van der Waals surface area (Å²) in [6.07, 6.45) is -4.44. The number of rotatable bonds is 3. The third-order valence-electron chi connectivity index (χ3n) is 2.68. The number of alkyl halides is 3. The molecule has 0 radical (unpaired) electrons. The molecule has 22 heavy (non-hydrogen) atoms. The van der Waals surface area contributed by atoms with E-state index in [2.05, 4.69) is 0 Å². The van der Waals surface area contributed by atoms with Crippen molar-refractivity contribution < 1.29 is 18.1 Å². The van der Waals surface area contributed by atoms with Crippen LogP contribution in [0.5, 0.6) is 0 Å².